The molecular weight excluding hydrogens is 345 g/mol. The summed E-state index contributed by atoms with van der Waals surface area (Å²) in [5.41, 5.74) is 0.445. The Balaban J connectivity index is 1.96. The maximum absolute atomic E-state index is 13.7. The van der Waals surface area contributed by atoms with Gasteiger partial charge in [-0.1, -0.05) is 25.1 Å². The Morgan fingerprint density at radius 1 is 1.20 bits per heavy atom. The van der Waals surface area contributed by atoms with E-state index in [1.165, 1.54) is 6.07 Å². The van der Waals surface area contributed by atoms with Crippen LogP contribution in [-0.4, -0.2) is 80.5 Å². The summed E-state index contributed by atoms with van der Waals surface area (Å²) in [6.45, 7) is 5.73. The number of carbonyl (C=O) groups is 1. The van der Waals surface area contributed by atoms with E-state index >= 15 is 0 Å². The minimum atomic E-state index is -3.54. The highest BCUT2D eigenvalue weighted by molar-refractivity contribution is 7.88. The molecule has 0 unspecified atom stereocenters. The van der Waals surface area contributed by atoms with Gasteiger partial charge in [-0.3, -0.25) is 4.79 Å². The normalized spacial score (nSPS) is 16.4. The standard InChI is InChI=1S/C17H26FN3O3S/c1-3-19-10-12-20(13-11-19)17(22)14-21(25(2,23)24)9-8-15-6-4-5-7-16(15)18/h4-7H,3,8-14H2,1-2H3. The molecule has 1 aromatic rings. The van der Waals surface area contributed by atoms with E-state index in [4.69, 9.17) is 0 Å². The lowest BCUT2D eigenvalue weighted by molar-refractivity contribution is -0.133. The molecule has 1 aliphatic rings. The Morgan fingerprint density at radius 3 is 2.40 bits per heavy atom. The fourth-order valence-electron chi connectivity index (χ4n) is 2.87. The third-order valence-electron chi connectivity index (χ3n) is 4.54. The van der Waals surface area contributed by atoms with Crippen LogP contribution in [0.5, 0.6) is 0 Å². The van der Waals surface area contributed by atoms with Crippen LogP contribution in [0.25, 0.3) is 0 Å². The summed E-state index contributed by atoms with van der Waals surface area (Å²) in [6, 6.07) is 6.27. The van der Waals surface area contributed by atoms with Crippen LogP contribution >= 0.6 is 0 Å². The number of amides is 1. The summed E-state index contributed by atoms with van der Waals surface area (Å²) in [6.07, 6.45) is 1.31. The summed E-state index contributed by atoms with van der Waals surface area (Å²) < 4.78 is 38.9. The van der Waals surface area contributed by atoms with Crippen LogP contribution in [0.4, 0.5) is 4.39 Å². The average molecular weight is 371 g/mol. The largest absolute Gasteiger partial charge is 0.339 e. The van der Waals surface area contributed by atoms with Crippen molar-refractivity contribution in [1.29, 1.82) is 0 Å². The van der Waals surface area contributed by atoms with Crippen molar-refractivity contribution in [3.8, 4) is 0 Å². The van der Waals surface area contributed by atoms with Gasteiger partial charge in [-0.2, -0.15) is 4.31 Å². The number of piperazine rings is 1. The molecule has 8 heteroatoms. The Bertz CT molecular complexity index is 688. The van der Waals surface area contributed by atoms with E-state index in [1.807, 2.05) is 0 Å². The van der Waals surface area contributed by atoms with Gasteiger partial charge in [0.25, 0.3) is 0 Å². The van der Waals surface area contributed by atoms with E-state index in [9.17, 15) is 17.6 Å². The number of hydrogen-bond acceptors (Lipinski definition) is 4. The monoisotopic (exact) mass is 371 g/mol. The van der Waals surface area contributed by atoms with Crippen molar-refractivity contribution in [1.82, 2.24) is 14.1 Å². The molecule has 1 saturated heterocycles. The molecule has 0 aromatic heterocycles. The van der Waals surface area contributed by atoms with Crippen LogP contribution < -0.4 is 0 Å². The first-order chi connectivity index (χ1) is 11.8. The van der Waals surface area contributed by atoms with E-state index in [0.29, 0.717) is 18.7 Å². The smallest absolute Gasteiger partial charge is 0.237 e. The molecule has 140 valence electrons. The molecule has 0 saturated carbocycles. The van der Waals surface area contributed by atoms with Crippen molar-refractivity contribution in [2.24, 2.45) is 0 Å². The molecule has 0 bridgehead atoms. The number of hydrogen-bond donors (Lipinski definition) is 0. The first kappa shape index (κ1) is 19.8. The third kappa shape index (κ3) is 5.76. The second-order valence-corrected chi connectivity index (χ2v) is 8.24. The lowest BCUT2D eigenvalue weighted by atomic mass is 10.1. The SMILES string of the molecule is CCN1CCN(C(=O)CN(CCc2ccccc2F)S(C)(=O)=O)CC1. The van der Waals surface area contributed by atoms with Gasteiger partial charge in [-0.25, -0.2) is 12.8 Å². The quantitative estimate of drug-likeness (QED) is 0.711. The Hall–Kier alpha value is -1.51. The van der Waals surface area contributed by atoms with Gasteiger partial charge in [0.15, 0.2) is 0 Å². The number of nitrogens with zero attached hydrogens (tertiary/aromatic N) is 3. The molecule has 2 rings (SSSR count). The van der Waals surface area contributed by atoms with E-state index in [-0.39, 0.29) is 31.2 Å². The van der Waals surface area contributed by atoms with E-state index < -0.39 is 10.0 Å². The summed E-state index contributed by atoms with van der Waals surface area (Å²) in [5, 5.41) is 0. The van der Waals surface area contributed by atoms with Gasteiger partial charge in [-0.15, -0.1) is 0 Å². The molecule has 1 aromatic carbocycles. The molecule has 1 amide bonds. The lowest BCUT2D eigenvalue weighted by Gasteiger charge is -2.35. The fourth-order valence-corrected chi connectivity index (χ4v) is 3.64. The van der Waals surface area contributed by atoms with Crippen LogP contribution in [0.2, 0.25) is 0 Å². The van der Waals surface area contributed by atoms with Crippen molar-refractivity contribution in [2.75, 3.05) is 52.1 Å². The third-order valence-corrected chi connectivity index (χ3v) is 5.79. The highest BCUT2D eigenvalue weighted by atomic mass is 32.2. The second-order valence-electron chi connectivity index (χ2n) is 6.25. The molecule has 0 N–H and O–H groups in total. The van der Waals surface area contributed by atoms with Crippen molar-refractivity contribution >= 4 is 15.9 Å². The predicted molar refractivity (Wildman–Crippen MR) is 95.2 cm³/mol. The van der Waals surface area contributed by atoms with Crippen LogP contribution in [-0.2, 0) is 21.2 Å². The van der Waals surface area contributed by atoms with Crippen LogP contribution in [0.1, 0.15) is 12.5 Å². The Morgan fingerprint density at radius 2 is 1.84 bits per heavy atom. The minimum Gasteiger partial charge on any atom is -0.339 e. The number of rotatable bonds is 7. The number of likely N-dealkylation sites (N-methyl/N-ethyl adjacent to an activating group) is 1. The average Bonchev–Trinajstić information content (AvgIpc) is 2.58. The van der Waals surface area contributed by atoms with E-state index in [1.54, 1.807) is 23.1 Å². The molecule has 1 fully saturated rings. The summed E-state index contributed by atoms with van der Waals surface area (Å²) >= 11 is 0. The zero-order valence-corrected chi connectivity index (χ0v) is 15.6. The molecule has 0 atom stereocenters. The zero-order valence-electron chi connectivity index (χ0n) is 14.8. The molecule has 25 heavy (non-hydrogen) atoms. The molecule has 6 nitrogen and oxygen atoms in total. The summed E-state index contributed by atoms with van der Waals surface area (Å²) in [5.74, 6) is -0.562. The van der Waals surface area contributed by atoms with E-state index in [2.05, 4.69) is 11.8 Å². The Kier molecular flexibility index (Phi) is 6.92. The molecule has 1 heterocycles. The molecular formula is C17H26FN3O3S. The van der Waals surface area contributed by atoms with Crippen LogP contribution in [0.15, 0.2) is 24.3 Å². The number of benzene rings is 1. The fraction of sp³-hybridized carbons (Fsp3) is 0.588. The number of sulfonamides is 1. The highest BCUT2D eigenvalue weighted by Crippen LogP contribution is 2.10. The van der Waals surface area contributed by atoms with E-state index in [0.717, 1.165) is 30.2 Å². The van der Waals surface area contributed by atoms with Gasteiger partial charge in [0, 0.05) is 32.7 Å². The Labute approximate surface area is 149 Å². The predicted octanol–water partition coefficient (Wildman–Crippen LogP) is 0.794. The van der Waals surface area contributed by atoms with Crippen molar-refractivity contribution in [3.05, 3.63) is 35.6 Å². The number of halogens is 1. The van der Waals surface area contributed by atoms with Crippen molar-refractivity contribution in [3.63, 3.8) is 0 Å². The van der Waals surface area contributed by atoms with Crippen LogP contribution in [0.3, 0.4) is 0 Å². The van der Waals surface area contributed by atoms with Crippen molar-refractivity contribution < 1.29 is 17.6 Å². The molecule has 0 radical (unpaired) electrons. The maximum atomic E-state index is 13.7. The number of carbonyl (C=O) groups excluding carboxylic acids is 1. The highest BCUT2D eigenvalue weighted by Gasteiger charge is 2.25. The lowest BCUT2D eigenvalue weighted by Crippen LogP contribution is -2.51. The molecule has 0 spiro atoms. The minimum absolute atomic E-state index is 0.0838. The van der Waals surface area contributed by atoms with Gasteiger partial charge < -0.3 is 9.80 Å². The first-order valence-electron chi connectivity index (χ1n) is 8.50. The van der Waals surface area contributed by atoms with Gasteiger partial charge in [-0.05, 0) is 24.6 Å². The maximum Gasteiger partial charge on any atom is 0.237 e. The summed E-state index contributed by atoms with van der Waals surface area (Å²) in [7, 11) is -3.54. The van der Waals surface area contributed by atoms with Gasteiger partial charge in [0.1, 0.15) is 5.82 Å². The van der Waals surface area contributed by atoms with Gasteiger partial charge in [0.05, 0.1) is 12.8 Å². The van der Waals surface area contributed by atoms with Crippen molar-refractivity contribution in [2.45, 2.75) is 13.3 Å². The zero-order chi connectivity index (χ0) is 18.4. The first-order valence-corrected chi connectivity index (χ1v) is 10.3. The molecule has 0 aliphatic carbocycles. The summed E-state index contributed by atoms with van der Waals surface area (Å²) in [4.78, 5) is 16.4. The van der Waals surface area contributed by atoms with Gasteiger partial charge >= 0.3 is 0 Å². The topological polar surface area (TPSA) is 60.9 Å². The van der Waals surface area contributed by atoms with Crippen LogP contribution in [0, 0.1) is 5.82 Å². The second kappa shape index (κ2) is 8.73. The van der Waals surface area contributed by atoms with Gasteiger partial charge in [0.2, 0.25) is 15.9 Å². The molecule has 1 aliphatic heterocycles.